The molecule has 0 aliphatic heterocycles. The van der Waals surface area contributed by atoms with E-state index in [2.05, 4.69) is 29.7 Å². The van der Waals surface area contributed by atoms with E-state index in [1.807, 2.05) is 6.07 Å². The summed E-state index contributed by atoms with van der Waals surface area (Å²) in [5, 5.41) is 3.76. The van der Waals surface area contributed by atoms with Crippen molar-refractivity contribution in [3.63, 3.8) is 0 Å². The first kappa shape index (κ1) is 38.1. The number of carbonyl (C=O) groups excluding carboxylic acids is 4. The van der Waals surface area contributed by atoms with Gasteiger partial charge in [-0.3, -0.25) is 14.7 Å². The van der Waals surface area contributed by atoms with Gasteiger partial charge in [0, 0.05) is 22.3 Å². The van der Waals surface area contributed by atoms with E-state index in [0.717, 1.165) is 32.9 Å². The molecular weight excluding hydrogens is 592 g/mol. The lowest BCUT2D eigenvalue weighted by Gasteiger charge is -2.22. The molecule has 12 nitrogen and oxygen atoms in total. The van der Waals surface area contributed by atoms with Gasteiger partial charge in [-0.1, -0.05) is 56.9 Å². The first-order valence-electron chi connectivity index (χ1n) is 12.2. The second kappa shape index (κ2) is 17.8. The molecule has 41 heavy (non-hydrogen) atoms. The number of nitrogens with one attached hydrogen (secondary N) is 2. The summed E-state index contributed by atoms with van der Waals surface area (Å²) in [6, 6.07) is 8.40. The van der Waals surface area contributed by atoms with Crippen LogP contribution in [0.2, 0.25) is 25.7 Å². The third kappa shape index (κ3) is 15.0. The number of alkyl carbamates (subject to hydrolysis) is 1. The number of alkyl halides is 3. The summed E-state index contributed by atoms with van der Waals surface area (Å²) in [6.07, 6.45) is -5.90. The average Bonchev–Trinajstić information content (AvgIpc) is 2.92. The zero-order valence-electron chi connectivity index (χ0n) is 24.0. The van der Waals surface area contributed by atoms with E-state index in [1.165, 1.54) is 6.92 Å². The first-order valence-corrected chi connectivity index (χ1v) is 17.6. The van der Waals surface area contributed by atoms with E-state index in [4.69, 9.17) is 18.5 Å². The Morgan fingerprint density at radius 2 is 1.49 bits per heavy atom. The highest BCUT2D eigenvalue weighted by atomic mass is 31.2. The molecule has 0 aliphatic rings. The maximum absolute atomic E-state index is 12.2. The molecule has 17 heteroatoms. The predicted octanol–water partition coefficient (Wildman–Crippen LogP) is 4.22. The van der Waals surface area contributed by atoms with Crippen LogP contribution in [0, 0.1) is 0 Å². The topological polar surface area (TPSA) is 156 Å². The Bertz CT molecular complexity index is 1030. The van der Waals surface area contributed by atoms with Crippen LogP contribution >= 0.6 is 7.60 Å². The Kier molecular flexibility index (Phi) is 16.5. The van der Waals surface area contributed by atoms with Crippen molar-refractivity contribution in [1.29, 1.82) is 0 Å². The molecule has 1 aromatic rings. The highest BCUT2D eigenvalue weighted by Gasteiger charge is 2.43. The minimum atomic E-state index is -4.99. The van der Waals surface area contributed by atoms with Crippen LogP contribution in [0.1, 0.15) is 18.9 Å². The van der Waals surface area contributed by atoms with Crippen molar-refractivity contribution >= 4 is 39.6 Å². The molecule has 1 aromatic carbocycles. The first-order chi connectivity index (χ1) is 18.9. The Hall–Kier alpha value is -2.94. The third-order valence-electron chi connectivity index (χ3n) is 5.07. The lowest BCUT2D eigenvalue weighted by Crippen LogP contribution is -2.47. The summed E-state index contributed by atoms with van der Waals surface area (Å²) in [7, 11) is -2.00. The van der Waals surface area contributed by atoms with Crippen molar-refractivity contribution in [1.82, 2.24) is 10.6 Å². The molecule has 1 unspecified atom stereocenters. The van der Waals surface area contributed by atoms with Gasteiger partial charge in [-0.2, -0.15) is 13.2 Å². The molecule has 1 rings (SSSR count). The lowest BCUT2D eigenvalue weighted by atomic mass is 10.2. The summed E-state index contributed by atoms with van der Waals surface area (Å²) in [5.41, 5.74) is 0.758. The van der Waals surface area contributed by atoms with Gasteiger partial charge in [0.05, 0.1) is 13.7 Å². The molecular formula is C24H38F3N2O10PSi. The van der Waals surface area contributed by atoms with Crippen LogP contribution in [-0.4, -0.2) is 78.0 Å². The summed E-state index contributed by atoms with van der Waals surface area (Å²) >= 11 is 0. The smallest absolute Gasteiger partial charge is 0.467 e. The van der Waals surface area contributed by atoms with E-state index in [1.54, 1.807) is 29.6 Å². The monoisotopic (exact) mass is 630 g/mol. The number of rotatable bonds is 13. The lowest BCUT2D eigenvalue weighted by molar-refractivity contribution is -0.175. The molecule has 2 atom stereocenters. The Morgan fingerprint density at radius 3 is 1.93 bits per heavy atom. The Balaban J connectivity index is 0.000000790. The van der Waals surface area contributed by atoms with Crippen molar-refractivity contribution in [2.75, 3.05) is 27.9 Å². The highest BCUT2D eigenvalue weighted by molar-refractivity contribution is 7.55. The SMILES string of the molecule is CC[C@H](NC(=O)C(F)(F)F)C(=O)OCC[Si](C)(C)C.COC(=O)C(NC(=O)OCc1ccccc1)P(=O)(OC)OC. The summed E-state index contributed by atoms with van der Waals surface area (Å²) < 4.78 is 72.1. The predicted molar refractivity (Wildman–Crippen MR) is 145 cm³/mol. The molecule has 0 heterocycles. The van der Waals surface area contributed by atoms with Gasteiger partial charge in [0.15, 0.2) is 0 Å². The molecule has 0 spiro atoms. The number of hydrogen-bond acceptors (Lipinski definition) is 10. The van der Waals surface area contributed by atoms with E-state index >= 15 is 0 Å². The molecule has 0 saturated carbocycles. The molecule has 0 aliphatic carbocycles. The van der Waals surface area contributed by atoms with E-state index in [0.29, 0.717) is 0 Å². The van der Waals surface area contributed by atoms with Gasteiger partial charge < -0.3 is 28.6 Å². The van der Waals surface area contributed by atoms with Crippen LogP contribution in [0.4, 0.5) is 18.0 Å². The van der Waals surface area contributed by atoms with Crippen LogP contribution < -0.4 is 10.6 Å². The van der Waals surface area contributed by atoms with Crippen molar-refractivity contribution in [2.45, 2.75) is 63.6 Å². The Morgan fingerprint density at radius 1 is 0.927 bits per heavy atom. The fraction of sp³-hybridized carbons (Fsp3) is 0.583. The largest absolute Gasteiger partial charge is 0.471 e. The van der Waals surface area contributed by atoms with Gasteiger partial charge in [0.25, 0.3) is 0 Å². The van der Waals surface area contributed by atoms with Crippen LogP contribution in [0.25, 0.3) is 0 Å². The van der Waals surface area contributed by atoms with Gasteiger partial charge in [-0.05, 0) is 18.0 Å². The van der Waals surface area contributed by atoms with Gasteiger partial charge in [-0.15, -0.1) is 0 Å². The number of halogens is 3. The van der Waals surface area contributed by atoms with Crippen molar-refractivity contribution in [3.05, 3.63) is 35.9 Å². The van der Waals surface area contributed by atoms with E-state index < -0.39 is 57.6 Å². The molecule has 234 valence electrons. The standard InChI is InChI=1S/C13H18NO7P.C11H20F3NO3Si/c1-18-12(15)11(22(17,19-2)20-3)14-13(16)21-9-10-7-5-4-6-8-10;1-5-8(15-10(17)11(12,13)14)9(16)18-6-7-19(2,3)4/h4-8,11H,9H2,1-3H3,(H,14,16);8H,5-7H2,1-4H3,(H,15,17)/t;8-/m.0/s1. The normalized spacial score (nSPS) is 13.0. The molecule has 2 amide bonds. The highest BCUT2D eigenvalue weighted by Crippen LogP contribution is 2.50. The number of amides is 2. The van der Waals surface area contributed by atoms with Crippen molar-refractivity contribution < 1.29 is 60.2 Å². The minimum absolute atomic E-state index is 0.00910. The average molecular weight is 631 g/mol. The number of carbonyl (C=O) groups is 4. The fourth-order valence-electron chi connectivity index (χ4n) is 2.67. The molecule has 2 N–H and O–H groups in total. The summed E-state index contributed by atoms with van der Waals surface area (Å²) in [4.78, 5) is 45.7. The fourth-order valence-corrected chi connectivity index (χ4v) is 4.58. The molecule has 0 aromatic heterocycles. The molecule has 0 radical (unpaired) electrons. The van der Waals surface area contributed by atoms with Crippen LogP contribution in [-0.2, 0) is 48.8 Å². The zero-order valence-corrected chi connectivity index (χ0v) is 25.9. The number of esters is 2. The van der Waals surface area contributed by atoms with Gasteiger partial charge in [0.1, 0.15) is 12.6 Å². The number of ether oxygens (including phenoxy) is 3. The maximum atomic E-state index is 12.2. The molecule has 0 fully saturated rings. The van der Waals surface area contributed by atoms with E-state index in [9.17, 15) is 36.9 Å². The number of benzene rings is 1. The summed E-state index contributed by atoms with van der Waals surface area (Å²) in [5.74, 6) is -5.53. The quantitative estimate of drug-likeness (QED) is 0.140. The second-order valence-electron chi connectivity index (χ2n) is 9.45. The van der Waals surface area contributed by atoms with Gasteiger partial charge in [-0.25, -0.2) is 14.4 Å². The molecule has 0 bridgehead atoms. The minimum Gasteiger partial charge on any atom is -0.467 e. The number of hydrogen-bond donors (Lipinski definition) is 2. The van der Waals surface area contributed by atoms with Gasteiger partial charge >= 0.3 is 37.7 Å². The van der Waals surface area contributed by atoms with Crippen molar-refractivity contribution in [2.24, 2.45) is 0 Å². The number of methoxy groups -OCH3 is 1. The maximum Gasteiger partial charge on any atom is 0.471 e. The summed E-state index contributed by atoms with van der Waals surface area (Å²) in [6.45, 7) is 7.93. The second-order valence-corrected chi connectivity index (χ2v) is 17.4. The van der Waals surface area contributed by atoms with Crippen LogP contribution in [0.3, 0.4) is 0 Å². The molecule has 0 saturated heterocycles. The van der Waals surface area contributed by atoms with Crippen LogP contribution in [0.5, 0.6) is 0 Å². The van der Waals surface area contributed by atoms with Gasteiger partial charge in [0.2, 0.25) is 5.78 Å². The van der Waals surface area contributed by atoms with Crippen molar-refractivity contribution in [3.8, 4) is 0 Å². The van der Waals surface area contributed by atoms with E-state index in [-0.39, 0.29) is 19.6 Å². The van der Waals surface area contributed by atoms with Crippen LogP contribution in [0.15, 0.2) is 30.3 Å². The zero-order chi connectivity index (χ0) is 31.9. The Labute approximate surface area is 238 Å². The third-order valence-corrected chi connectivity index (χ3v) is 8.76.